The zero-order valence-electron chi connectivity index (χ0n) is 12.2. The normalized spacial score (nSPS) is 19.2. The van der Waals surface area contributed by atoms with Crippen LogP contribution in [-0.4, -0.2) is 44.4 Å². The molecule has 1 saturated heterocycles. The molecule has 3 N–H and O–H groups in total. The van der Waals surface area contributed by atoms with Crippen LogP contribution in [0.4, 0.5) is 0 Å². The molecule has 1 aliphatic heterocycles. The molecule has 1 aromatic rings. The van der Waals surface area contributed by atoms with Gasteiger partial charge in [-0.25, -0.2) is 13.1 Å². The molecule has 21 heavy (non-hydrogen) atoms. The summed E-state index contributed by atoms with van der Waals surface area (Å²) in [6.45, 7) is 4.62. The highest BCUT2D eigenvalue weighted by molar-refractivity contribution is 7.89. The van der Waals surface area contributed by atoms with Crippen molar-refractivity contribution >= 4 is 15.9 Å². The van der Waals surface area contributed by atoms with Gasteiger partial charge in [0, 0.05) is 30.7 Å². The fraction of sp³-hybridized carbons (Fsp3) is 0.500. The number of hydrogen-bond donors (Lipinski definition) is 2. The predicted molar refractivity (Wildman–Crippen MR) is 80.4 cm³/mol. The zero-order chi connectivity index (χ0) is 15.6. The monoisotopic (exact) mass is 311 g/mol. The Hall–Kier alpha value is -1.44. The molecule has 0 radical (unpaired) electrons. The number of carbonyl (C=O) groups is 1. The number of nitrogens with one attached hydrogen (secondary N) is 1. The molecule has 1 atom stereocenters. The second kappa shape index (κ2) is 6.13. The minimum absolute atomic E-state index is 0.00322. The van der Waals surface area contributed by atoms with Crippen LogP contribution in [0.25, 0.3) is 0 Å². The number of amides is 1. The number of carbonyl (C=O) groups excluding carboxylic acids is 1. The highest BCUT2D eigenvalue weighted by atomic mass is 32.2. The van der Waals surface area contributed by atoms with E-state index in [1.807, 2.05) is 0 Å². The Balaban J connectivity index is 2.24. The van der Waals surface area contributed by atoms with Gasteiger partial charge in [0.05, 0.1) is 4.90 Å². The van der Waals surface area contributed by atoms with Crippen molar-refractivity contribution in [2.45, 2.75) is 37.2 Å². The van der Waals surface area contributed by atoms with Crippen LogP contribution < -0.4 is 10.5 Å². The summed E-state index contributed by atoms with van der Waals surface area (Å²) in [5, 5.41) is 0. The third kappa shape index (κ3) is 3.81. The average Bonchev–Trinajstić information content (AvgIpc) is 2.83. The van der Waals surface area contributed by atoms with Crippen LogP contribution >= 0.6 is 0 Å². The first kappa shape index (κ1) is 15.9. The maximum absolute atomic E-state index is 12.3. The molecule has 0 unspecified atom stereocenters. The molecule has 116 valence electrons. The van der Waals surface area contributed by atoms with Crippen LogP contribution in [0, 0.1) is 0 Å². The first-order valence-electron chi connectivity index (χ1n) is 6.97. The van der Waals surface area contributed by atoms with Crippen molar-refractivity contribution in [3.8, 4) is 0 Å². The predicted octanol–water partition coefficient (Wildman–Crippen LogP) is 0.547. The number of nitrogens with two attached hydrogens (primary N) is 1. The van der Waals surface area contributed by atoms with E-state index in [9.17, 15) is 13.2 Å². The van der Waals surface area contributed by atoms with Crippen LogP contribution in [0.5, 0.6) is 0 Å². The standard InChI is InChI=1S/C14H21N3O3S/c1-10(2)16-21(19,20)13-5-3-4-11(8-13)14(18)17-7-6-12(15)9-17/h3-5,8,10,12,16H,6-7,9,15H2,1-2H3/t12-/m1/s1. The van der Waals surface area contributed by atoms with Gasteiger partial charge in [-0.15, -0.1) is 0 Å². The van der Waals surface area contributed by atoms with Crippen LogP contribution in [0.2, 0.25) is 0 Å². The van der Waals surface area contributed by atoms with Crippen LogP contribution in [-0.2, 0) is 10.0 Å². The van der Waals surface area contributed by atoms with E-state index in [0.29, 0.717) is 18.7 Å². The Bertz CT molecular complexity index is 628. The molecule has 0 bridgehead atoms. The molecular weight excluding hydrogens is 290 g/mol. The summed E-state index contributed by atoms with van der Waals surface area (Å²) < 4.78 is 26.8. The van der Waals surface area contributed by atoms with E-state index in [-0.39, 0.29) is 22.9 Å². The topological polar surface area (TPSA) is 92.5 Å². The Morgan fingerprint density at radius 2 is 2.14 bits per heavy atom. The Morgan fingerprint density at radius 1 is 1.43 bits per heavy atom. The summed E-state index contributed by atoms with van der Waals surface area (Å²) in [5.41, 5.74) is 6.17. The third-order valence-corrected chi connectivity index (χ3v) is 4.95. The number of hydrogen-bond acceptors (Lipinski definition) is 4. The quantitative estimate of drug-likeness (QED) is 0.849. The van der Waals surface area contributed by atoms with E-state index in [1.54, 1.807) is 30.9 Å². The van der Waals surface area contributed by atoms with Crippen molar-refractivity contribution in [2.75, 3.05) is 13.1 Å². The molecule has 0 saturated carbocycles. The summed E-state index contributed by atoms with van der Waals surface area (Å²) in [6, 6.07) is 5.90. The minimum Gasteiger partial charge on any atom is -0.337 e. The van der Waals surface area contributed by atoms with Crippen molar-refractivity contribution in [2.24, 2.45) is 5.73 Å². The lowest BCUT2D eigenvalue weighted by Crippen LogP contribution is -2.32. The highest BCUT2D eigenvalue weighted by Crippen LogP contribution is 2.16. The molecule has 1 aromatic carbocycles. The lowest BCUT2D eigenvalue weighted by molar-refractivity contribution is 0.0790. The Labute approximate surface area is 125 Å². The van der Waals surface area contributed by atoms with Gasteiger partial charge in [-0.2, -0.15) is 0 Å². The van der Waals surface area contributed by atoms with Crippen molar-refractivity contribution in [3.05, 3.63) is 29.8 Å². The lowest BCUT2D eigenvalue weighted by Gasteiger charge is -2.16. The van der Waals surface area contributed by atoms with E-state index >= 15 is 0 Å². The van der Waals surface area contributed by atoms with Crippen molar-refractivity contribution < 1.29 is 13.2 Å². The van der Waals surface area contributed by atoms with E-state index in [4.69, 9.17) is 5.73 Å². The Morgan fingerprint density at radius 3 is 2.71 bits per heavy atom. The van der Waals surface area contributed by atoms with E-state index in [0.717, 1.165) is 6.42 Å². The van der Waals surface area contributed by atoms with Gasteiger partial charge in [-0.1, -0.05) is 6.07 Å². The first-order valence-corrected chi connectivity index (χ1v) is 8.45. The van der Waals surface area contributed by atoms with Gasteiger partial charge in [-0.05, 0) is 38.5 Å². The van der Waals surface area contributed by atoms with Gasteiger partial charge in [0.1, 0.15) is 0 Å². The fourth-order valence-electron chi connectivity index (χ4n) is 2.33. The molecule has 2 rings (SSSR count). The molecule has 1 aliphatic rings. The maximum Gasteiger partial charge on any atom is 0.253 e. The van der Waals surface area contributed by atoms with Gasteiger partial charge >= 0.3 is 0 Å². The highest BCUT2D eigenvalue weighted by Gasteiger charge is 2.25. The molecule has 1 heterocycles. The lowest BCUT2D eigenvalue weighted by atomic mass is 10.2. The number of sulfonamides is 1. The molecule has 6 nitrogen and oxygen atoms in total. The van der Waals surface area contributed by atoms with Crippen molar-refractivity contribution in [1.82, 2.24) is 9.62 Å². The van der Waals surface area contributed by atoms with Gasteiger partial charge in [0.2, 0.25) is 10.0 Å². The fourth-order valence-corrected chi connectivity index (χ4v) is 3.63. The van der Waals surface area contributed by atoms with Crippen molar-refractivity contribution in [3.63, 3.8) is 0 Å². The summed E-state index contributed by atoms with van der Waals surface area (Å²) in [4.78, 5) is 14.1. The third-order valence-electron chi connectivity index (χ3n) is 3.29. The van der Waals surface area contributed by atoms with Gasteiger partial charge in [0.25, 0.3) is 5.91 Å². The van der Waals surface area contributed by atoms with Crippen LogP contribution in [0.1, 0.15) is 30.6 Å². The molecular formula is C14H21N3O3S. The van der Waals surface area contributed by atoms with Gasteiger partial charge in [-0.3, -0.25) is 4.79 Å². The molecule has 0 aromatic heterocycles. The minimum atomic E-state index is -3.60. The smallest absolute Gasteiger partial charge is 0.253 e. The Kier molecular flexibility index (Phi) is 4.65. The molecule has 1 fully saturated rings. The van der Waals surface area contributed by atoms with Crippen molar-refractivity contribution in [1.29, 1.82) is 0 Å². The summed E-state index contributed by atoms with van der Waals surface area (Å²) in [7, 11) is -3.60. The molecule has 0 aliphatic carbocycles. The van der Waals surface area contributed by atoms with Crippen LogP contribution in [0.3, 0.4) is 0 Å². The van der Waals surface area contributed by atoms with Crippen LogP contribution in [0.15, 0.2) is 29.2 Å². The molecule has 1 amide bonds. The molecule has 7 heteroatoms. The van der Waals surface area contributed by atoms with E-state index < -0.39 is 10.0 Å². The number of rotatable bonds is 4. The first-order chi connectivity index (χ1) is 9.79. The number of benzene rings is 1. The summed E-state index contributed by atoms with van der Waals surface area (Å²) in [6.07, 6.45) is 0.776. The van der Waals surface area contributed by atoms with Gasteiger partial charge in [0.15, 0.2) is 0 Å². The largest absolute Gasteiger partial charge is 0.337 e. The number of likely N-dealkylation sites (tertiary alicyclic amines) is 1. The SMILES string of the molecule is CC(C)NS(=O)(=O)c1cccc(C(=O)N2CC[C@@H](N)C2)c1. The maximum atomic E-state index is 12.3. The average molecular weight is 311 g/mol. The zero-order valence-corrected chi connectivity index (χ0v) is 13.1. The van der Waals surface area contributed by atoms with E-state index in [1.165, 1.54) is 12.1 Å². The molecule has 0 spiro atoms. The van der Waals surface area contributed by atoms with Gasteiger partial charge < -0.3 is 10.6 Å². The summed E-state index contributed by atoms with van der Waals surface area (Å²) in [5.74, 6) is -0.176. The number of nitrogens with zero attached hydrogens (tertiary/aromatic N) is 1. The van der Waals surface area contributed by atoms with E-state index in [2.05, 4.69) is 4.72 Å². The summed E-state index contributed by atoms with van der Waals surface area (Å²) >= 11 is 0. The second-order valence-electron chi connectivity index (χ2n) is 5.60. The second-order valence-corrected chi connectivity index (χ2v) is 7.32.